The van der Waals surface area contributed by atoms with Crippen molar-refractivity contribution in [3.63, 3.8) is 0 Å². The van der Waals surface area contributed by atoms with Crippen molar-refractivity contribution >= 4 is 16.7 Å². The van der Waals surface area contributed by atoms with Crippen molar-refractivity contribution < 1.29 is 4.79 Å². The number of carbonyl (C=O) groups is 1. The molecule has 2 rings (SSSR count). The highest BCUT2D eigenvalue weighted by molar-refractivity contribution is 6.04. The summed E-state index contributed by atoms with van der Waals surface area (Å²) in [4.78, 5) is 23.7. The molecule has 1 aromatic heterocycles. The van der Waals surface area contributed by atoms with Gasteiger partial charge in [-0.05, 0) is 19.4 Å². The average molecular weight is 257 g/mol. The van der Waals surface area contributed by atoms with Gasteiger partial charge in [-0.3, -0.25) is 9.59 Å². The number of H-pyrrole nitrogens is 1. The number of rotatable bonds is 4. The van der Waals surface area contributed by atoms with Gasteiger partial charge >= 0.3 is 0 Å². The highest BCUT2D eigenvalue weighted by atomic mass is 16.2. The van der Waals surface area contributed by atoms with Crippen LogP contribution in [0.15, 0.2) is 41.7 Å². The number of aromatic nitrogens is 2. The Labute approximate surface area is 110 Å². The summed E-state index contributed by atoms with van der Waals surface area (Å²) in [5.74, 6) is -0.304. The Bertz CT molecular complexity index is 676. The van der Waals surface area contributed by atoms with Gasteiger partial charge in [-0.25, -0.2) is 5.10 Å². The molecule has 1 atom stereocenters. The highest BCUT2D eigenvalue weighted by Gasteiger charge is 2.15. The summed E-state index contributed by atoms with van der Waals surface area (Å²) in [6.45, 7) is 5.51. The number of amides is 1. The van der Waals surface area contributed by atoms with E-state index in [4.69, 9.17) is 0 Å². The summed E-state index contributed by atoms with van der Waals surface area (Å²) < 4.78 is 0. The Balaban J connectivity index is 2.40. The molecule has 1 unspecified atom stereocenters. The van der Waals surface area contributed by atoms with Gasteiger partial charge in [0.25, 0.3) is 11.5 Å². The van der Waals surface area contributed by atoms with Crippen molar-refractivity contribution in [1.29, 1.82) is 0 Å². The number of nitrogens with one attached hydrogen (secondary N) is 2. The monoisotopic (exact) mass is 257 g/mol. The fourth-order valence-corrected chi connectivity index (χ4v) is 1.89. The van der Waals surface area contributed by atoms with Gasteiger partial charge in [-0.15, -0.1) is 6.58 Å². The fourth-order valence-electron chi connectivity index (χ4n) is 1.89. The standard InChI is InChI=1S/C14H15N3O2/c1-3-6-9(2)15-14(19)12-10-7-4-5-8-11(10)13(18)17-16-12/h3-5,7-9H,1,6H2,2H3,(H,15,19)(H,17,18). The molecule has 98 valence electrons. The Morgan fingerprint density at radius 3 is 2.84 bits per heavy atom. The lowest BCUT2D eigenvalue weighted by Crippen LogP contribution is -2.33. The van der Waals surface area contributed by atoms with E-state index >= 15 is 0 Å². The SMILES string of the molecule is C=CCC(C)NC(=O)c1n[nH]c(=O)c2ccccc12. The van der Waals surface area contributed by atoms with Crippen LogP contribution in [0.5, 0.6) is 0 Å². The van der Waals surface area contributed by atoms with Gasteiger partial charge in [-0.1, -0.05) is 24.3 Å². The normalized spacial score (nSPS) is 12.1. The molecule has 2 aromatic rings. The quantitative estimate of drug-likeness (QED) is 0.817. The van der Waals surface area contributed by atoms with Crippen LogP contribution in [0.1, 0.15) is 23.8 Å². The predicted octanol–water partition coefficient (Wildman–Crippen LogP) is 1.62. The third-order valence-electron chi connectivity index (χ3n) is 2.81. The maximum atomic E-state index is 12.1. The Kier molecular flexibility index (Phi) is 3.75. The van der Waals surface area contributed by atoms with E-state index in [0.717, 1.165) is 0 Å². The Hall–Kier alpha value is -2.43. The molecule has 1 aromatic carbocycles. The molecule has 0 aliphatic heterocycles. The molecule has 0 saturated carbocycles. The number of hydrogen-bond donors (Lipinski definition) is 2. The third-order valence-corrected chi connectivity index (χ3v) is 2.81. The number of fused-ring (bicyclic) bond motifs is 1. The summed E-state index contributed by atoms with van der Waals surface area (Å²) in [5.41, 5.74) is -0.0718. The maximum absolute atomic E-state index is 12.1. The molecule has 0 saturated heterocycles. The minimum atomic E-state index is -0.304. The van der Waals surface area contributed by atoms with Crippen LogP contribution in [-0.2, 0) is 0 Å². The lowest BCUT2D eigenvalue weighted by atomic mass is 10.1. The summed E-state index contributed by atoms with van der Waals surface area (Å²) in [5, 5.41) is 10.0. The van der Waals surface area contributed by atoms with E-state index in [-0.39, 0.29) is 23.2 Å². The first kappa shape index (κ1) is 13.0. The summed E-state index contributed by atoms with van der Waals surface area (Å²) in [6, 6.07) is 6.87. The number of aromatic amines is 1. The zero-order valence-corrected chi connectivity index (χ0v) is 10.6. The van der Waals surface area contributed by atoms with Gasteiger partial charge in [-0.2, -0.15) is 5.10 Å². The van der Waals surface area contributed by atoms with Crippen LogP contribution in [-0.4, -0.2) is 22.1 Å². The lowest BCUT2D eigenvalue weighted by molar-refractivity contribution is 0.0936. The zero-order chi connectivity index (χ0) is 13.8. The third kappa shape index (κ3) is 2.70. The van der Waals surface area contributed by atoms with Crippen molar-refractivity contribution in [1.82, 2.24) is 15.5 Å². The number of hydrogen-bond acceptors (Lipinski definition) is 3. The van der Waals surface area contributed by atoms with E-state index in [1.54, 1.807) is 30.3 Å². The van der Waals surface area contributed by atoms with Crippen molar-refractivity contribution in [2.24, 2.45) is 0 Å². The fraction of sp³-hybridized carbons (Fsp3) is 0.214. The van der Waals surface area contributed by atoms with E-state index in [2.05, 4.69) is 22.1 Å². The first-order valence-corrected chi connectivity index (χ1v) is 6.02. The first-order chi connectivity index (χ1) is 9.13. The number of nitrogens with zero attached hydrogens (tertiary/aromatic N) is 1. The molecule has 5 heteroatoms. The number of benzene rings is 1. The van der Waals surface area contributed by atoms with Gasteiger partial charge in [0, 0.05) is 11.4 Å². The molecule has 19 heavy (non-hydrogen) atoms. The highest BCUT2D eigenvalue weighted by Crippen LogP contribution is 2.12. The Morgan fingerprint density at radius 2 is 2.16 bits per heavy atom. The summed E-state index contributed by atoms with van der Waals surface area (Å²) in [7, 11) is 0. The van der Waals surface area contributed by atoms with Gasteiger partial charge in [0.2, 0.25) is 0 Å². The van der Waals surface area contributed by atoms with Gasteiger partial charge in [0.1, 0.15) is 0 Å². The van der Waals surface area contributed by atoms with Crippen LogP contribution >= 0.6 is 0 Å². The molecule has 1 amide bonds. The van der Waals surface area contributed by atoms with Crippen LogP contribution in [0.2, 0.25) is 0 Å². The van der Waals surface area contributed by atoms with E-state index in [0.29, 0.717) is 17.2 Å². The summed E-state index contributed by atoms with van der Waals surface area (Å²) >= 11 is 0. The van der Waals surface area contributed by atoms with Crippen molar-refractivity contribution in [2.75, 3.05) is 0 Å². The van der Waals surface area contributed by atoms with E-state index in [1.807, 2.05) is 6.92 Å². The molecule has 5 nitrogen and oxygen atoms in total. The van der Waals surface area contributed by atoms with Crippen LogP contribution in [0.3, 0.4) is 0 Å². The molecule has 0 fully saturated rings. The Morgan fingerprint density at radius 1 is 1.47 bits per heavy atom. The number of carbonyl (C=O) groups excluding carboxylic acids is 1. The topological polar surface area (TPSA) is 74.8 Å². The molecule has 2 N–H and O–H groups in total. The summed E-state index contributed by atoms with van der Waals surface area (Å²) in [6.07, 6.45) is 2.41. The van der Waals surface area contributed by atoms with E-state index in [9.17, 15) is 9.59 Å². The first-order valence-electron chi connectivity index (χ1n) is 6.02. The molecule has 0 spiro atoms. The molecular formula is C14H15N3O2. The second-order valence-corrected chi connectivity index (χ2v) is 4.35. The molecule has 1 heterocycles. The van der Waals surface area contributed by atoms with Crippen molar-refractivity contribution in [2.45, 2.75) is 19.4 Å². The smallest absolute Gasteiger partial charge is 0.272 e. The van der Waals surface area contributed by atoms with Gasteiger partial charge in [0.15, 0.2) is 5.69 Å². The van der Waals surface area contributed by atoms with E-state index < -0.39 is 0 Å². The second kappa shape index (κ2) is 5.48. The molecular weight excluding hydrogens is 242 g/mol. The van der Waals surface area contributed by atoms with Crippen LogP contribution in [0, 0.1) is 0 Å². The van der Waals surface area contributed by atoms with Crippen molar-refractivity contribution in [3.8, 4) is 0 Å². The van der Waals surface area contributed by atoms with Crippen LogP contribution in [0.25, 0.3) is 10.8 Å². The van der Waals surface area contributed by atoms with Crippen LogP contribution < -0.4 is 10.9 Å². The second-order valence-electron chi connectivity index (χ2n) is 4.35. The van der Waals surface area contributed by atoms with Gasteiger partial charge < -0.3 is 5.32 Å². The van der Waals surface area contributed by atoms with Crippen LogP contribution in [0.4, 0.5) is 0 Å². The van der Waals surface area contributed by atoms with Crippen molar-refractivity contribution in [3.05, 3.63) is 53.0 Å². The maximum Gasteiger partial charge on any atom is 0.272 e. The van der Waals surface area contributed by atoms with E-state index in [1.165, 1.54) is 0 Å². The minimum absolute atomic E-state index is 0.0301. The zero-order valence-electron chi connectivity index (χ0n) is 10.6. The molecule has 0 aliphatic rings. The van der Waals surface area contributed by atoms with Gasteiger partial charge in [0.05, 0.1) is 5.39 Å². The molecule has 0 aliphatic carbocycles. The lowest BCUT2D eigenvalue weighted by Gasteiger charge is -2.11. The molecule has 0 radical (unpaired) electrons. The molecule has 0 bridgehead atoms. The predicted molar refractivity (Wildman–Crippen MR) is 74.1 cm³/mol. The minimum Gasteiger partial charge on any atom is -0.348 e. The average Bonchev–Trinajstić information content (AvgIpc) is 2.39. The largest absolute Gasteiger partial charge is 0.348 e.